The summed E-state index contributed by atoms with van der Waals surface area (Å²) < 4.78 is 5.79. The van der Waals surface area contributed by atoms with Crippen molar-refractivity contribution in [3.63, 3.8) is 0 Å². The maximum Gasteiger partial charge on any atom is 0.0603 e. The zero-order chi connectivity index (χ0) is 37.3. The summed E-state index contributed by atoms with van der Waals surface area (Å²) in [5.41, 5.74) is 0. The average molecular weight is 694 g/mol. The molecule has 4 rings (SSSR count). The standard InChI is InChI=1S/C11H23NO.2C11H23N.C10H22N2/c1-9(2)12-7-5-11(6-8-12)13-10(3)4;3*1-9(2)11-5-7-12(8-6-11)10(3)4/h9-11H,5-8H2,1-4H3;2*9-11H,5-8H2,1-4H3;9-10H,5-8H2,1-4H3. The maximum atomic E-state index is 5.79. The van der Waals surface area contributed by atoms with E-state index in [9.17, 15) is 0 Å². The van der Waals surface area contributed by atoms with Gasteiger partial charge in [0.15, 0.2) is 0 Å². The number of hydrogen-bond donors (Lipinski definition) is 0. The van der Waals surface area contributed by atoms with E-state index in [4.69, 9.17) is 4.74 Å². The van der Waals surface area contributed by atoms with Crippen molar-refractivity contribution in [1.82, 2.24) is 24.5 Å². The molecule has 0 radical (unpaired) electrons. The summed E-state index contributed by atoms with van der Waals surface area (Å²) in [6, 6.07) is 3.63. The van der Waals surface area contributed by atoms with Gasteiger partial charge in [-0.3, -0.25) is 9.80 Å². The van der Waals surface area contributed by atoms with Gasteiger partial charge in [0, 0.05) is 69.5 Å². The summed E-state index contributed by atoms with van der Waals surface area (Å²) >= 11 is 0. The van der Waals surface area contributed by atoms with E-state index in [2.05, 4.69) is 135 Å². The highest BCUT2D eigenvalue weighted by Gasteiger charge is 2.24. The van der Waals surface area contributed by atoms with Crippen LogP contribution in [0, 0.1) is 23.7 Å². The van der Waals surface area contributed by atoms with Crippen molar-refractivity contribution < 1.29 is 4.74 Å². The van der Waals surface area contributed by atoms with Gasteiger partial charge < -0.3 is 19.4 Å². The van der Waals surface area contributed by atoms with E-state index in [-0.39, 0.29) is 0 Å². The highest BCUT2D eigenvalue weighted by Crippen LogP contribution is 2.26. The monoisotopic (exact) mass is 694 g/mol. The van der Waals surface area contributed by atoms with E-state index in [1.807, 2.05) is 0 Å². The van der Waals surface area contributed by atoms with Gasteiger partial charge >= 0.3 is 0 Å². The first-order valence-electron chi connectivity index (χ1n) is 21.3. The Morgan fingerprint density at radius 2 is 0.551 bits per heavy atom. The Balaban J connectivity index is 0.000000327. The van der Waals surface area contributed by atoms with Crippen molar-refractivity contribution in [2.45, 2.75) is 192 Å². The zero-order valence-corrected chi connectivity index (χ0v) is 36.3. The molecule has 0 atom stereocenters. The van der Waals surface area contributed by atoms with Gasteiger partial charge in [0.25, 0.3) is 0 Å². The van der Waals surface area contributed by atoms with Crippen molar-refractivity contribution in [2.75, 3.05) is 65.4 Å². The molecule has 6 nitrogen and oxygen atoms in total. The van der Waals surface area contributed by atoms with Crippen LogP contribution in [0.3, 0.4) is 0 Å². The molecule has 0 aliphatic carbocycles. The number of nitrogens with zero attached hydrogens (tertiary/aromatic N) is 5. The molecule has 0 N–H and O–H groups in total. The largest absolute Gasteiger partial charge is 0.375 e. The first kappa shape index (κ1) is 46.8. The maximum absolute atomic E-state index is 5.79. The Labute approximate surface area is 309 Å². The molecule has 4 saturated heterocycles. The summed E-state index contributed by atoms with van der Waals surface area (Å²) in [5.74, 6) is 3.75. The molecule has 0 spiro atoms. The van der Waals surface area contributed by atoms with Crippen LogP contribution in [0.4, 0.5) is 0 Å². The molecule has 0 aromatic carbocycles. The van der Waals surface area contributed by atoms with Crippen LogP contribution in [0.15, 0.2) is 0 Å². The van der Waals surface area contributed by atoms with Crippen LogP contribution in [-0.2, 0) is 4.74 Å². The minimum Gasteiger partial charge on any atom is -0.375 e. The lowest BCUT2D eigenvalue weighted by Crippen LogP contribution is -2.50. The van der Waals surface area contributed by atoms with Crippen molar-refractivity contribution in [1.29, 1.82) is 0 Å². The van der Waals surface area contributed by atoms with Gasteiger partial charge in [-0.25, -0.2) is 0 Å². The van der Waals surface area contributed by atoms with Gasteiger partial charge in [-0.1, -0.05) is 27.7 Å². The Morgan fingerprint density at radius 3 is 0.755 bits per heavy atom. The van der Waals surface area contributed by atoms with E-state index < -0.39 is 0 Å². The van der Waals surface area contributed by atoms with Crippen molar-refractivity contribution in [3.8, 4) is 0 Å². The number of piperazine rings is 1. The Bertz CT molecular complexity index is 641. The molecule has 4 aliphatic heterocycles. The van der Waals surface area contributed by atoms with Gasteiger partial charge in [0.05, 0.1) is 12.2 Å². The summed E-state index contributed by atoms with van der Waals surface area (Å²) in [6.45, 7) is 49.2. The lowest BCUT2D eigenvalue weighted by molar-refractivity contribution is -0.0309. The first-order chi connectivity index (χ1) is 22.9. The number of ether oxygens (including phenoxy) is 1. The highest BCUT2D eigenvalue weighted by atomic mass is 16.5. The van der Waals surface area contributed by atoms with Gasteiger partial charge in [-0.05, 0) is 171 Å². The molecule has 0 aromatic heterocycles. The van der Waals surface area contributed by atoms with Gasteiger partial charge in [0.1, 0.15) is 0 Å². The smallest absolute Gasteiger partial charge is 0.0603 e. The molecule has 4 heterocycles. The second-order valence-electron chi connectivity index (χ2n) is 18.2. The number of hydrogen-bond acceptors (Lipinski definition) is 6. The fourth-order valence-electron chi connectivity index (χ4n) is 7.89. The number of likely N-dealkylation sites (tertiary alicyclic amines) is 3. The van der Waals surface area contributed by atoms with Crippen molar-refractivity contribution >= 4 is 0 Å². The summed E-state index contributed by atoms with van der Waals surface area (Å²) in [4.78, 5) is 12.8. The summed E-state index contributed by atoms with van der Waals surface area (Å²) in [6.07, 6.45) is 8.95. The quantitative estimate of drug-likeness (QED) is 0.239. The molecule has 0 unspecified atom stereocenters. The van der Waals surface area contributed by atoms with Crippen LogP contribution < -0.4 is 0 Å². The fraction of sp³-hybridized carbons (Fsp3) is 1.00. The van der Waals surface area contributed by atoms with Crippen LogP contribution in [-0.4, -0.2) is 132 Å². The minimum absolute atomic E-state index is 0.385. The van der Waals surface area contributed by atoms with Gasteiger partial charge in [-0.15, -0.1) is 0 Å². The molecule has 0 bridgehead atoms. The van der Waals surface area contributed by atoms with E-state index >= 15 is 0 Å². The van der Waals surface area contributed by atoms with E-state index in [1.54, 1.807) is 0 Å². The summed E-state index contributed by atoms with van der Waals surface area (Å²) in [7, 11) is 0. The van der Waals surface area contributed by atoms with Crippen molar-refractivity contribution in [3.05, 3.63) is 0 Å². The van der Waals surface area contributed by atoms with Crippen LogP contribution in [0.1, 0.15) is 149 Å². The van der Waals surface area contributed by atoms with Crippen LogP contribution in [0.5, 0.6) is 0 Å². The Morgan fingerprint density at radius 1 is 0.327 bits per heavy atom. The fourth-order valence-corrected chi connectivity index (χ4v) is 7.89. The molecule has 0 amide bonds. The Hall–Kier alpha value is -0.240. The highest BCUT2D eigenvalue weighted by molar-refractivity contribution is 4.78. The predicted molar refractivity (Wildman–Crippen MR) is 218 cm³/mol. The van der Waals surface area contributed by atoms with E-state index in [1.165, 1.54) is 104 Å². The van der Waals surface area contributed by atoms with Gasteiger partial charge in [0.2, 0.25) is 0 Å². The SMILES string of the molecule is CC(C)C1CCN(C(C)C)CC1.CC(C)C1CCN(C(C)C)CC1.CC(C)N1CCN(C(C)C)CC1.CC(C)OC1CCN(C(C)C)CC1. The molecule has 0 saturated carbocycles. The van der Waals surface area contributed by atoms with E-state index in [0.717, 1.165) is 47.8 Å². The normalized spacial score (nSPS) is 22.3. The molecular formula is C43H91N5O. The molecule has 4 aliphatic rings. The zero-order valence-electron chi connectivity index (χ0n) is 36.3. The average Bonchev–Trinajstić information content (AvgIpc) is 3.05. The molecule has 294 valence electrons. The summed E-state index contributed by atoms with van der Waals surface area (Å²) in [5, 5.41) is 0. The molecule has 0 aromatic rings. The Kier molecular flexibility index (Phi) is 23.8. The second kappa shape index (κ2) is 24.9. The van der Waals surface area contributed by atoms with E-state index in [0.29, 0.717) is 18.2 Å². The molecule has 6 heteroatoms. The van der Waals surface area contributed by atoms with Crippen LogP contribution in [0.2, 0.25) is 0 Å². The molecule has 4 fully saturated rings. The first-order valence-corrected chi connectivity index (χ1v) is 21.3. The van der Waals surface area contributed by atoms with Crippen molar-refractivity contribution in [2.24, 2.45) is 23.7 Å². The predicted octanol–water partition coefficient (Wildman–Crippen LogP) is 9.23. The van der Waals surface area contributed by atoms with Gasteiger partial charge in [-0.2, -0.15) is 0 Å². The lowest BCUT2D eigenvalue weighted by Gasteiger charge is -2.38. The third-order valence-electron chi connectivity index (χ3n) is 12.0. The third-order valence-corrected chi connectivity index (χ3v) is 12.0. The van der Waals surface area contributed by atoms with Crippen LogP contribution in [0.25, 0.3) is 0 Å². The minimum atomic E-state index is 0.385. The number of piperidine rings is 3. The number of rotatable bonds is 9. The second-order valence-corrected chi connectivity index (χ2v) is 18.2. The van der Waals surface area contributed by atoms with Crippen LogP contribution >= 0.6 is 0 Å². The lowest BCUT2D eigenvalue weighted by atomic mass is 9.86. The topological polar surface area (TPSA) is 25.4 Å². The third kappa shape index (κ3) is 19.4. The molecular weight excluding hydrogens is 603 g/mol. The molecule has 49 heavy (non-hydrogen) atoms.